The molecule has 90 valence electrons. The van der Waals surface area contributed by atoms with Crippen LogP contribution in [0.3, 0.4) is 0 Å². The Bertz CT molecular complexity index is 308. The van der Waals surface area contributed by atoms with E-state index in [1.807, 2.05) is 0 Å². The number of fused-ring (bicyclic) bond motifs is 1. The zero-order chi connectivity index (χ0) is 11.4. The monoisotopic (exact) mass is 237 g/mol. The van der Waals surface area contributed by atoms with Crippen LogP contribution in [0, 0.1) is 0 Å². The summed E-state index contributed by atoms with van der Waals surface area (Å²) in [5.41, 5.74) is 1.63. The van der Waals surface area contributed by atoms with Crippen molar-refractivity contribution < 1.29 is 0 Å². The molecule has 2 heteroatoms. The first kappa shape index (κ1) is 12.1. The molecule has 0 radical (unpaired) electrons. The number of thiophene rings is 1. The third-order valence-electron chi connectivity index (χ3n) is 3.55. The van der Waals surface area contributed by atoms with Crippen molar-refractivity contribution in [2.45, 2.75) is 57.9 Å². The average Bonchev–Trinajstić information content (AvgIpc) is 2.84. The second-order valence-electron chi connectivity index (χ2n) is 4.79. The second kappa shape index (κ2) is 5.83. The highest BCUT2D eigenvalue weighted by atomic mass is 32.1. The van der Waals surface area contributed by atoms with Crippen molar-refractivity contribution in [3.8, 4) is 0 Å². The van der Waals surface area contributed by atoms with Crippen LogP contribution in [0.2, 0.25) is 0 Å². The number of nitrogens with one attached hydrogen (secondary N) is 1. The summed E-state index contributed by atoms with van der Waals surface area (Å²) in [7, 11) is 2.10. The molecule has 1 nitrogen and oxygen atoms in total. The van der Waals surface area contributed by atoms with Gasteiger partial charge in [-0.3, -0.25) is 0 Å². The van der Waals surface area contributed by atoms with Crippen LogP contribution < -0.4 is 5.32 Å². The van der Waals surface area contributed by atoms with E-state index < -0.39 is 0 Å². The summed E-state index contributed by atoms with van der Waals surface area (Å²) in [6.45, 7) is 2.27. The van der Waals surface area contributed by atoms with Gasteiger partial charge in [-0.1, -0.05) is 26.2 Å². The summed E-state index contributed by atoms with van der Waals surface area (Å²) in [4.78, 5) is 3.23. The summed E-state index contributed by atoms with van der Waals surface area (Å²) >= 11 is 2.05. The molecule has 16 heavy (non-hydrogen) atoms. The average molecular weight is 237 g/mol. The lowest BCUT2D eigenvalue weighted by atomic mass is 10.1. The van der Waals surface area contributed by atoms with Gasteiger partial charge >= 0.3 is 0 Å². The van der Waals surface area contributed by atoms with Gasteiger partial charge < -0.3 is 5.32 Å². The Morgan fingerprint density at radius 1 is 1.38 bits per heavy atom. The Morgan fingerprint density at radius 3 is 2.94 bits per heavy atom. The van der Waals surface area contributed by atoms with Crippen LogP contribution in [-0.4, -0.2) is 7.05 Å². The van der Waals surface area contributed by atoms with E-state index in [4.69, 9.17) is 0 Å². The molecule has 1 unspecified atom stereocenters. The first-order valence-electron chi connectivity index (χ1n) is 6.64. The van der Waals surface area contributed by atoms with Gasteiger partial charge in [0.05, 0.1) is 0 Å². The van der Waals surface area contributed by atoms with Gasteiger partial charge in [-0.15, -0.1) is 11.3 Å². The SMILES string of the molecule is CCCCCC(NC)c1cc2c(s1)CCC2. The minimum absolute atomic E-state index is 0.599. The lowest BCUT2D eigenvalue weighted by Gasteiger charge is -2.14. The molecular formula is C14H23NS. The largest absolute Gasteiger partial charge is 0.312 e. The predicted octanol–water partition coefficient (Wildman–Crippen LogP) is 4.08. The van der Waals surface area contributed by atoms with Crippen LogP contribution >= 0.6 is 11.3 Å². The van der Waals surface area contributed by atoms with E-state index in [1.54, 1.807) is 15.3 Å². The standard InChI is InChI=1S/C14H23NS/c1-3-4-5-8-12(15-2)14-10-11-7-6-9-13(11)16-14/h10,12,15H,3-9H2,1-2H3. The summed E-state index contributed by atoms with van der Waals surface area (Å²) in [6.07, 6.45) is 9.35. The fourth-order valence-electron chi connectivity index (χ4n) is 2.55. The molecule has 0 saturated heterocycles. The van der Waals surface area contributed by atoms with E-state index in [0.29, 0.717) is 6.04 Å². The lowest BCUT2D eigenvalue weighted by Crippen LogP contribution is -2.15. The fraction of sp³-hybridized carbons (Fsp3) is 0.714. The van der Waals surface area contributed by atoms with E-state index in [9.17, 15) is 0 Å². The van der Waals surface area contributed by atoms with Crippen LogP contribution in [-0.2, 0) is 12.8 Å². The Balaban J connectivity index is 1.97. The van der Waals surface area contributed by atoms with Crippen molar-refractivity contribution >= 4 is 11.3 Å². The van der Waals surface area contributed by atoms with E-state index in [1.165, 1.54) is 44.9 Å². The Hall–Kier alpha value is -0.340. The molecule has 1 aromatic rings. The van der Waals surface area contributed by atoms with E-state index >= 15 is 0 Å². The molecular weight excluding hydrogens is 214 g/mol. The van der Waals surface area contributed by atoms with Gasteiger partial charge in [0.2, 0.25) is 0 Å². The van der Waals surface area contributed by atoms with E-state index in [2.05, 4.69) is 36.7 Å². The second-order valence-corrected chi connectivity index (χ2v) is 5.96. The van der Waals surface area contributed by atoms with Gasteiger partial charge in [0.1, 0.15) is 0 Å². The maximum absolute atomic E-state index is 3.48. The van der Waals surface area contributed by atoms with Crippen LogP contribution in [0.5, 0.6) is 0 Å². The Labute approximate surface area is 103 Å². The fourth-order valence-corrected chi connectivity index (χ4v) is 3.95. The molecule has 1 aliphatic carbocycles. The van der Waals surface area contributed by atoms with Crippen molar-refractivity contribution in [3.05, 3.63) is 21.4 Å². The molecule has 0 bridgehead atoms. The molecule has 1 aromatic heterocycles. The normalized spacial score (nSPS) is 16.4. The molecule has 0 amide bonds. The molecule has 0 fully saturated rings. The predicted molar refractivity (Wildman–Crippen MR) is 72.3 cm³/mol. The van der Waals surface area contributed by atoms with E-state index in [-0.39, 0.29) is 0 Å². The topological polar surface area (TPSA) is 12.0 Å². The molecule has 0 spiro atoms. The van der Waals surface area contributed by atoms with Gasteiger partial charge in [-0.2, -0.15) is 0 Å². The Morgan fingerprint density at radius 2 is 2.25 bits per heavy atom. The van der Waals surface area contributed by atoms with Crippen molar-refractivity contribution in [1.29, 1.82) is 0 Å². The molecule has 0 aromatic carbocycles. The lowest BCUT2D eigenvalue weighted by molar-refractivity contribution is 0.518. The van der Waals surface area contributed by atoms with Crippen molar-refractivity contribution in [1.82, 2.24) is 5.32 Å². The zero-order valence-corrected chi connectivity index (χ0v) is 11.3. The van der Waals surface area contributed by atoms with Crippen LogP contribution in [0.4, 0.5) is 0 Å². The number of aryl methyl sites for hydroxylation is 2. The van der Waals surface area contributed by atoms with Crippen molar-refractivity contribution in [2.24, 2.45) is 0 Å². The van der Waals surface area contributed by atoms with Crippen LogP contribution in [0.1, 0.15) is 60.4 Å². The van der Waals surface area contributed by atoms with E-state index in [0.717, 1.165) is 0 Å². The van der Waals surface area contributed by atoms with Gasteiger partial charge in [0.25, 0.3) is 0 Å². The molecule has 1 aliphatic rings. The first-order chi connectivity index (χ1) is 7.85. The molecule has 1 heterocycles. The summed E-state index contributed by atoms with van der Waals surface area (Å²) in [6, 6.07) is 3.06. The van der Waals surface area contributed by atoms with Crippen LogP contribution in [0.15, 0.2) is 6.07 Å². The van der Waals surface area contributed by atoms with Crippen molar-refractivity contribution in [2.75, 3.05) is 7.05 Å². The molecule has 0 saturated carbocycles. The first-order valence-corrected chi connectivity index (χ1v) is 7.45. The maximum Gasteiger partial charge on any atom is 0.0412 e. The molecule has 1 atom stereocenters. The van der Waals surface area contributed by atoms with Gasteiger partial charge in [-0.25, -0.2) is 0 Å². The quantitative estimate of drug-likeness (QED) is 0.735. The highest BCUT2D eigenvalue weighted by Crippen LogP contribution is 2.35. The highest BCUT2D eigenvalue weighted by Gasteiger charge is 2.18. The summed E-state index contributed by atoms with van der Waals surface area (Å²) in [5, 5.41) is 3.48. The number of hydrogen-bond donors (Lipinski definition) is 1. The minimum Gasteiger partial charge on any atom is -0.312 e. The third kappa shape index (κ3) is 2.67. The summed E-state index contributed by atoms with van der Waals surface area (Å²) in [5.74, 6) is 0. The number of hydrogen-bond acceptors (Lipinski definition) is 2. The highest BCUT2D eigenvalue weighted by molar-refractivity contribution is 7.12. The molecule has 2 rings (SSSR count). The summed E-state index contributed by atoms with van der Waals surface area (Å²) < 4.78 is 0. The molecule has 1 N–H and O–H groups in total. The number of unbranched alkanes of at least 4 members (excludes halogenated alkanes) is 2. The van der Waals surface area contributed by atoms with Crippen LogP contribution in [0.25, 0.3) is 0 Å². The molecule has 0 aliphatic heterocycles. The Kier molecular flexibility index (Phi) is 4.42. The minimum atomic E-state index is 0.599. The van der Waals surface area contributed by atoms with Gasteiger partial charge in [0.15, 0.2) is 0 Å². The smallest absolute Gasteiger partial charge is 0.0412 e. The number of rotatable bonds is 6. The van der Waals surface area contributed by atoms with Gasteiger partial charge in [-0.05, 0) is 44.4 Å². The third-order valence-corrected chi connectivity index (χ3v) is 4.90. The maximum atomic E-state index is 3.48. The van der Waals surface area contributed by atoms with Crippen molar-refractivity contribution in [3.63, 3.8) is 0 Å². The van der Waals surface area contributed by atoms with Gasteiger partial charge in [0, 0.05) is 15.8 Å². The zero-order valence-electron chi connectivity index (χ0n) is 10.5.